The molecule has 0 aliphatic heterocycles. The van der Waals surface area contributed by atoms with Gasteiger partial charge in [-0.25, -0.2) is 19.6 Å². The number of aryl methyl sites for hydroxylation is 1. The molecule has 2 aromatic carbocycles. The van der Waals surface area contributed by atoms with E-state index in [0.29, 0.717) is 11.6 Å². The highest BCUT2D eigenvalue weighted by atomic mass is 19.3. The van der Waals surface area contributed by atoms with Gasteiger partial charge in [0.1, 0.15) is 23.7 Å². The molecule has 0 radical (unpaired) electrons. The van der Waals surface area contributed by atoms with E-state index in [1.165, 1.54) is 0 Å². The second-order valence-corrected chi connectivity index (χ2v) is 6.55. The number of hydrazone groups is 1. The van der Waals surface area contributed by atoms with Gasteiger partial charge in [0.05, 0.1) is 23.1 Å². The van der Waals surface area contributed by atoms with Crippen molar-refractivity contribution in [1.82, 2.24) is 15.0 Å². The number of hydrogen-bond acceptors (Lipinski definition) is 5. The van der Waals surface area contributed by atoms with Crippen LogP contribution in [0.25, 0.3) is 11.0 Å². The largest absolute Gasteiger partial charge is 0.322 e. The van der Waals surface area contributed by atoms with Crippen molar-refractivity contribution in [3.63, 3.8) is 0 Å². The molecule has 3 rings (SSSR count). The van der Waals surface area contributed by atoms with E-state index in [1.807, 2.05) is 6.92 Å². The van der Waals surface area contributed by atoms with Crippen molar-refractivity contribution in [2.24, 2.45) is 16.8 Å². The van der Waals surface area contributed by atoms with Gasteiger partial charge < -0.3 is 5.84 Å². The Labute approximate surface area is 163 Å². The lowest BCUT2D eigenvalue weighted by molar-refractivity contribution is -0.0443. The van der Waals surface area contributed by atoms with Crippen LogP contribution in [0.2, 0.25) is 0 Å². The van der Waals surface area contributed by atoms with E-state index < -0.39 is 41.3 Å². The molecule has 10 heteroatoms. The van der Waals surface area contributed by atoms with Gasteiger partial charge in [-0.15, -0.1) is 0 Å². The maximum atomic E-state index is 15.5. The molecule has 3 aromatic rings. The van der Waals surface area contributed by atoms with Gasteiger partial charge in [-0.05, 0) is 36.2 Å². The fraction of sp³-hybridized carbons (Fsp3) is 0.211. The van der Waals surface area contributed by atoms with Gasteiger partial charge in [-0.3, -0.25) is 9.99 Å². The molecule has 1 heterocycles. The highest BCUT2D eigenvalue weighted by Gasteiger charge is 2.46. The SMILES string of the molecule is Cc1ccc2nc(C(F)(F)C(CN(N)/C=N\N)c3ccc(F)cc3F)cnc2c1. The number of alkyl halides is 2. The predicted octanol–water partition coefficient (Wildman–Crippen LogP) is 3.17. The standard InChI is InChI=1S/C19H18F4N6/c1-11-2-5-16-17(6-11)26-8-18(28-16)19(22,23)14(9-29(25)10-27-24)13-4-3-12(20)7-15(13)21/h2-8,10,14H,9,24-25H2,1H3/b27-10-. The number of nitrogens with zero attached hydrogens (tertiary/aromatic N) is 4. The highest BCUT2D eigenvalue weighted by Crippen LogP contribution is 2.42. The summed E-state index contributed by atoms with van der Waals surface area (Å²) in [5.41, 5.74) is 0.519. The molecule has 29 heavy (non-hydrogen) atoms. The van der Waals surface area contributed by atoms with Crippen LogP contribution >= 0.6 is 0 Å². The first-order chi connectivity index (χ1) is 13.7. The molecule has 1 atom stereocenters. The Bertz CT molecular complexity index is 1060. The molecule has 1 aromatic heterocycles. The first kappa shape index (κ1) is 20.5. The third-order valence-electron chi connectivity index (χ3n) is 4.42. The molecule has 4 N–H and O–H groups in total. The minimum absolute atomic E-state index is 0.263. The number of hydrazine groups is 1. The van der Waals surface area contributed by atoms with Crippen molar-refractivity contribution in [1.29, 1.82) is 0 Å². The highest BCUT2D eigenvalue weighted by molar-refractivity contribution is 5.74. The lowest BCUT2D eigenvalue weighted by Crippen LogP contribution is -2.40. The number of hydrogen-bond donors (Lipinski definition) is 2. The van der Waals surface area contributed by atoms with Gasteiger partial charge in [-0.1, -0.05) is 12.1 Å². The van der Waals surface area contributed by atoms with E-state index in [9.17, 15) is 8.78 Å². The summed E-state index contributed by atoms with van der Waals surface area (Å²) in [5.74, 6) is 3.10. The summed E-state index contributed by atoms with van der Waals surface area (Å²) >= 11 is 0. The number of halogens is 4. The van der Waals surface area contributed by atoms with Crippen LogP contribution in [0.1, 0.15) is 22.7 Å². The summed E-state index contributed by atoms with van der Waals surface area (Å²) in [6.07, 6.45) is 1.85. The topological polar surface area (TPSA) is 93.4 Å². The van der Waals surface area contributed by atoms with Crippen molar-refractivity contribution in [2.75, 3.05) is 6.54 Å². The summed E-state index contributed by atoms with van der Waals surface area (Å²) in [6, 6.07) is 7.38. The Morgan fingerprint density at radius 2 is 1.93 bits per heavy atom. The lowest BCUT2D eigenvalue weighted by Gasteiger charge is -2.29. The average molecular weight is 406 g/mol. The molecule has 0 saturated carbocycles. The van der Waals surface area contributed by atoms with E-state index in [0.717, 1.165) is 35.2 Å². The first-order valence-electron chi connectivity index (χ1n) is 8.53. The van der Waals surface area contributed by atoms with Crippen LogP contribution in [0.4, 0.5) is 17.6 Å². The van der Waals surface area contributed by atoms with E-state index in [-0.39, 0.29) is 5.52 Å². The van der Waals surface area contributed by atoms with Crippen LogP contribution in [0, 0.1) is 18.6 Å². The second-order valence-electron chi connectivity index (χ2n) is 6.55. The summed E-state index contributed by atoms with van der Waals surface area (Å²) < 4.78 is 58.6. The number of aromatic nitrogens is 2. The third-order valence-corrected chi connectivity index (χ3v) is 4.42. The molecule has 0 fully saturated rings. The molecule has 0 saturated heterocycles. The molecular formula is C19H18F4N6. The maximum absolute atomic E-state index is 15.5. The minimum Gasteiger partial charge on any atom is -0.322 e. The van der Waals surface area contributed by atoms with Gasteiger partial charge in [0, 0.05) is 12.6 Å². The van der Waals surface area contributed by atoms with Crippen molar-refractivity contribution in [3.8, 4) is 0 Å². The van der Waals surface area contributed by atoms with Gasteiger partial charge in [0.15, 0.2) is 0 Å². The molecular weight excluding hydrogens is 388 g/mol. The van der Waals surface area contributed by atoms with E-state index in [4.69, 9.17) is 11.7 Å². The van der Waals surface area contributed by atoms with Crippen LogP contribution in [0.5, 0.6) is 0 Å². The molecule has 0 spiro atoms. The molecule has 0 aliphatic carbocycles. The van der Waals surface area contributed by atoms with Gasteiger partial charge in [0.2, 0.25) is 0 Å². The second kappa shape index (κ2) is 8.00. The summed E-state index contributed by atoms with van der Waals surface area (Å²) in [7, 11) is 0. The van der Waals surface area contributed by atoms with Crippen LogP contribution in [-0.2, 0) is 5.92 Å². The smallest absolute Gasteiger partial charge is 0.299 e. The zero-order chi connectivity index (χ0) is 21.2. The molecule has 0 bridgehead atoms. The van der Waals surface area contributed by atoms with Crippen molar-refractivity contribution in [2.45, 2.75) is 18.8 Å². The Morgan fingerprint density at radius 1 is 1.17 bits per heavy atom. The molecule has 6 nitrogen and oxygen atoms in total. The van der Waals surface area contributed by atoms with Crippen LogP contribution in [-0.4, -0.2) is 27.9 Å². The normalized spacial score (nSPS) is 13.2. The number of nitrogens with two attached hydrogens (primary N) is 2. The minimum atomic E-state index is -3.69. The maximum Gasteiger partial charge on any atom is 0.299 e. The fourth-order valence-corrected chi connectivity index (χ4v) is 3.00. The zero-order valence-electron chi connectivity index (χ0n) is 15.4. The molecule has 1 unspecified atom stereocenters. The van der Waals surface area contributed by atoms with Crippen LogP contribution in [0.15, 0.2) is 47.7 Å². The van der Waals surface area contributed by atoms with Crippen LogP contribution in [0.3, 0.4) is 0 Å². The fourth-order valence-electron chi connectivity index (χ4n) is 3.00. The number of benzene rings is 2. The Kier molecular flexibility index (Phi) is 5.64. The summed E-state index contributed by atoms with van der Waals surface area (Å²) in [6.45, 7) is 1.27. The van der Waals surface area contributed by atoms with Crippen molar-refractivity contribution < 1.29 is 17.6 Å². The summed E-state index contributed by atoms with van der Waals surface area (Å²) in [5, 5.41) is 3.96. The molecule has 0 amide bonds. The molecule has 0 aliphatic rings. The number of rotatable bonds is 6. The first-order valence-corrected chi connectivity index (χ1v) is 8.53. The van der Waals surface area contributed by atoms with E-state index in [1.54, 1.807) is 18.2 Å². The zero-order valence-corrected chi connectivity index (χ0v) is 15.4. The van der Waals surface area contributed by atoms with Gasteiger partial charge in [-0.2, -0.15) is 13.9 Å². The number of fused-ring (bicyclic) bond motifs is 1. The van der Waals surface area contributed by atoms with E-state index in [2.05, 4.69) is 15.1 Å². The average Bonchev–Trinajstić information content (AvgIpc) is 2.66. The Balaban J connectivity index is 2.10. The van der Waals surface area contributed by atoms with E-state index >= 15 is 8.78 Å². The summed E-state index contributed by atoms with van der Waals surface area (Å²) in [4.78, 5) is 8.06. The third kappa shape index (κ3) is 4.27. The Hall–Kier alpha value is -3.27. The van der Waals surface area contributed by atoms with Gasteiger partial charge >= 0.3 is 0 Å². The van der Waals surface area contributed by atoms with Crippen molar-refractivity contribution in [3.05, 3.63) is 71.1 Å². The lowest BCUT2D eigenvalue weighted by atomic mass is 9.89. The van der Waals surface area contributed by atoms with Crippen LogP contribution < -0.4 is 11.7 Å². The molecule has 152 valence electrons. The monoisotopic (exact) mass is 406 g/mol. The van der Waals surface area contributed by atoms with Crippen molar-refractivity contribution >= 4 is 17.4 Å². The van der Waals surface area contributed by atoms with Gasteiger partial charge in [0.25, 0.3) is 5.92 Å². The Morgan fingerprint density at radius 3 is 2.62 bits per heavy atom. The quantitative estimate of drug-likeness (QED) is 0.216. The predicted molar refractivity (Wildman–Crippen MR) is 101 cm³/mol.